The van der Waals surface area contributed by atoms with Gasteiger partial charge in [0.15, 0.2) is 0 Å². The number of carbonyl (C=O) groups excluding carboxylic acids is 1. The summed E-state index contributed by atoms with van der Waals surface area (Å²) in [7, 11) is 0. The maximum Gasteiger partial charge on any atom is 0.252 e. The minimum atomic E-state index is -0.359. The van der Waals surface area contributed by atoms with E-state index in [1.807, 2.05) is 22.6 Å². The summed E-state index contributed by atoms with van der Waals surface area (Å²) in [5.41, 5.74) is 0.448. The van der Waals surface area contributed by atoms with Crippen molar-refractivity contribution in [3.63, 3.8) is 0 Å². The van der Waals surface area contributed by atoms with Crippen LogP contribution in [-0.2, 0) is 0 Å². The van der Waals surface area contributed by atoms with Crippen molar-refractivity contribution in [1.82, 2.24) is 5.32 Å². The summed E-state index contributed by atoms with van der Waals surface area (Å²) in [6.07, 6.45) is 0. The van der Waals surface area contributed by atoms with Gasteiger partial charge in [0, 0.05) is 8.59 Å². The van der Waals surface area contributed by atoms with Gasteiger partial charge < -0.3 is 10.1 Å². The van der Waals surface area contributed by atoms with E-state index in [0.29, 0.717) is 33.1 Å². The molecule has 21 heavy (non-hydrogen) atoms. The summed E-state index contributed by atoms with van der Waals surface area (Å²) in [4.78, 5) is 11.9. The third kappa shape index (κ3) is 4.86. The van der Waals surface area contributed by atoms with Crippen LogP contribution < -0.4 is 10.1 Å². The maximum absolute atomic E-state index is 13.0. The van der Waals surface area contributed by atoms with E-state index in [2.05, 4.69) is 5.32 Å². The first-order chi connectivity index (χ1) is 10.1. The van der Waals surface area contributed by atoms with E-state index >= 15 is 0 Å². The molecule has 0 aliphatic carbocycles. The molecular formula is C15H12ClFINO2. The Bertz CT molecular complexity index is 634. The Balaban J connectivity index is 1.80. The van der Waals surface area contributed by atoms with Crippen LogP contribution in [0.1, 0.15) is 10.4 Å². The summed E-state index contributed by atoms with van der Waals surface area (Å²) >= 11 is 7.70. The lowest BCUT2D eigenvalue weighted by molar-refractivity contribution is 0.0946. The van der Waals surface area contributed by atoms with Crippen molar-refractivity contribution in [1.29, 1.82) is 0 Å². The molecule has 0 bridgehead atoms. The average Bonchev–Trinajstić information content (AvgIpc) is 2.45. The first-order valence-corrected chi connectivity index (χ1v) is 7.63. The van der Waals surface area contributed by atoms with Crippen LogP contribution in [0.2, 0.25) is 5.02 Å². The van der Waals surface area contributed by atoms with Gasteiger partial charge in [0.05, 0.1) is 12.1 Å². The van der Waals surface area contributed by atoms with Crippen molar-refractivity contribution in [2.75, 3.05) is 13.2 Å². The molecule has 2 aromatic rings. The molecule has 2 aromatic carbocycles. The van der Waals surface area contributed by atoms with E-state index in [1.165, 1.54) is 18.2 Å². The van der Waals surface area contributed by atoms with Crippen molar-refractivity contribution in [3.8, 4) is 5.75 Å². The topological polar surface area (TPSA) is 38.3 Å². The molecule has 6 heteroatoms. The summed E-state index contributed by atoms with van der Waals surface area (Å²) in [5, 5.41) is 3.36. The fourth-order valence-electron chi connectivity index (χ4n) is 1.63. The van der Waals surface area contributed by atoms with E-state index in [1.54, 1.807) is 24.3 Å². The van der Waals surface area contributed by atoms with Crippen LogP contribution in [0.25, 0.3) is 0 Å². The number of hydrogen-bond donors (Lipinski definition) is 1. The number of benzene rings is 2. The highest BCUT2D eigenvalue weighted by atomic mass is 127. The molecular weight excluding hydrogens is 408 g/mol. The number of hydrogen-bond acceptors (Lipinski definition) is 2. The highest BCUT2D eigenvalue weighted by molar-refractivity contribution is 14.1. The van der Waals surface area contributed by atoms with Crippen molar-refractivity contribution in [2.24, 2.45) is 0 Å². The summed E-state index contributed by atoms with van der Waals surface area (Å²) in [5.74, 6) is 0.0751. The molecule has 1 amide bonds. The first kappa shape index (κ1) is 16.0. The van der Waals surface area contributed by atoms with Gasteiger partial charge in [-0.3, -0.25) is 4.79 Å². The second kappa shape index (κ2) is 7.61. The Labute approximate surface area is 140 Å². The molecule has 1 N–H and O–H groups in total. The van der Waals surface area contributed by atoms with Crippen LogP contribution in [0.5, 0.6) is 5.75 Å². The van der Waals surface area contributed by atoms with Gasteiger partial charge in [-0.2, -0.15) is 0 Å². The molecule has 0 saturated heterocycles. The quantitative estimate of drug-likeness (QED) is 0.590. The Morgan fingerprint density at radius 3 is 2.62 bits per heavy atom. The lowest BCUT2D eigenvalue weighted by Gasteiger charge is -2.09. The predicted molar refractivity (Wildman–Crippen MR) is 88.4 cm³/mol. The molecule has 0 heterocycles. The summed E-state index contributed by atoms with van der Waals surface area (Å²) < 4.78 is 19.0. The van der Waals surface area contributed by atoms with Crippen molar-refractivity contribution in [2.45, 2.75) is 0 Å². The third-order valence-electron chi connectivity index (χ3n) is 2.65. The van der Waals surface area contributed by atoms with Crippen molar-refractivity contribution >= 4 is 40.1 Å². The minimum Gasteiger partial charge on any atom is -0.492 e. The zero-order chi connectivity index (χ0) is 15.2. The highest BCUT2D eigenvalue weighted by Crippen LogP contribution is 2.15. The molecule has 3 nitrogen and oxygen atoms in total. The standard InChI is InChI=1S/C15H12ClFINO2/c16-10-1-4-12(5-2-10)21-8-7-19-15(20)13-6-3-11(17)9-14(13)18/h1-6,9H,7-8H2,(H,19,20). The zero-order valence-corrected chi connectivity index (χ0v) is 13.8. The van der Waals surface area contributed by atoms with Gasteiger partial charge in [0.1, 0.15) is 18.2 Å². The molecule has 0 radical (unpaired) electrons. The molecule has 0 aromatic heterocycles. The van der Waals surface area contributed by atoms with E-state index in [9.17, 15) is 9.18 Å². The Hall–Kier alpha value is -1.34. The van der Waals surface area contributed by atoms with Gasteiger partial charge in [0.2, 0.25) is 0 Å². The minimum absolute atomic E-state index is 0.251. The van der Waals surface area contributed by atoms with Crippen LogP contribution in [-0.4, -0.2) is 19.1 Å². The van der Waals surface area contributed by atoms with E-state index in [4.69, 9.17) is 16.3 Å². The smallest absolute Gasteiger partial charge is 0.252 e. The monoisotopic (exact) mass is 419 g/mol. The summed E-state index contributed by atoms with van der Waals surface area (Å²) in [6.45, 7) is 0.695. The Morgan fingerprint density at radius 1 is 1.24 bits per heavy atom. The number of carbonyl (C=O) groups is 1. The number of rotatable bonds is 5. The third-order valence-corrected chi connectivity index (χ3v) is 3.79. The van der Waals surface area contributed by atoms with E-state index in [0.717, 1.165) is 0 Å². The van der Waals surface area contributed by atoms with Crippen molar-refractivity contribution < 1.29 is 13.9 Å². The van der Waals surface area contributed by atoms with Gasteiger partial charge in [-0.1, -0.05) is 11.6 Å². The lowest BCUT2D eigenvalue weighted by atomic mass is 10.2. The summed E-state index contributed by atoms with van der Waals surface area (Å²) in [6, 6.07) is 11.0. The molecule has 0 unspecified atom stereocenters. The van der Waals surface area contributed by atoms with E-state index in [-0.39, 0.29) is 11.7 Å². The number of halogens is 3. The fraction of sp³-hybridized carbons (Fsp3) is 0.133. The normalized spacial score (nSPS) is 10.2. The first-order valence-electron chi connectivity index (χ1n) is 6.18. The van der Waals surface area contributed by atoms with Crippen LogP contribution in [0.3, 0.4) is 0 Å². The Morgan fingerprint density at radius 2 is 1.95 bits per heavy atom. The second-order valence-electron chi connectivity index (χ2n) is 4.18. The lowest BCUT2D eigenvalue weighted by Crippen LogP contribution is -2.28. The molecule has 0 saturated carbocycles. The van der Waals surface area contributed by atoms with E-state index < -0.39 is 0 Å². The van der Waals surface area contributed by atoms with Crippen LogP contribution in [0.15, 0.2) is 42.5 Å². The van der Waals surface area contributed by atoms with Crippen LogP contribution >= 0.6 is 34.2 Å². The van der Waals surface area contributed by atoms with Crippen LogP contribution in [0.4, 0.5) is 4.39 Å². The highest BCUT2D eigenvalue weighted by Gasteiger charge is 2.09. The molecule has 0 aliphatic heterocycles. The molecule has 110 valence electrons. The number of amides is 1. The predicted octanol–water partition coefficient (Wildman–Crippen LogP) is 3.89. The second-order valence-corrected chi connectivity index (χ2v) is 5.78. The van der Waals surface area contributed by atoms with Gasteiger partial charge in [-0.15, -0.1) is 0 Å². The van der Waals surface area contributed by atoms with Gasteiger partial charge in [0.25, 0.3) is 5.91 Å². The molecule has 0 spiro atoms. The molecule has 0 aliphatic rings. The van der Waals surface area contributed by atoms with Crippen molar-refractivity contribution in [3.05, 3.63) is 62.4 Å². The molecule has 0 fully saturated rings. The van der Waals surface area contributed by atoms with Crippen LogP contribution in [0, 0.1) is 9.39 Å². The zero-order valence-electron chi connectivity index (χ0n) is 10.9. The van der Waals surface area contributed by atoms with Gasteiger partial charge >= 0.3 is 0 Å². The average molecular weight is 420 g/mol. The molecule has 2 rings (SSSR count). The van der Waals surface area contributed by atoms with Gasteiger partial charge in [-0.25, -0.2) is 4.39 Å². The maximum atomic E-state index is 13.0. The largest absolute Gasteiger partial charge is 0.492 e. The number of ether oxygens (including phenoxy) is 1. The number of nitrogens with one attached hydrogen (secondary N) is 1. The Kier molecular flexibility index (Phi) is 5.81. The SMILES string of the molecule is O=C(NCCOc1ccc(Cl)cc1)c1ccc(F)cc1I. The fourth-order valence-corrected chi connectivity index (χ4v) is 2.48. The van der Waals surface area contributed by atoms with Gasteiger partial charge in [-0.05, 0) is 65.1 Å². The molecule has 0 atom stereocenters.